The van der Waals surface area contributed by atoms with Crippen molar-refractivity contribution in [1.82, 2.24) is 9.97 Å². The SMILES string of the molecule is Cc1cc(C)nc(Sc2ccc3ncccc3c2N)c1. The van der Waals surface area contributed by atoms with Crippen LogP contribution in [0.5, 0.6) is 0 Å². The van der Waals surface area contributed by atoms with Crippen LogP contribution in [0.15, 0.2) is 52.5 Å². The molecular formula is C16H15N3S. The molecule has 20 heavy (non-hydrogen) atoms. The van der Waals surface area contributed by atoms with E-state index in [4.69, 9.17) is 5.73 Å². The molecule has 0 radical (unpaired) electrons. The first-order chi connectivity index (χ1) is 9.63. The Labute approximate surface area is 122 Å². The van der Waals surface area contributed by atoms with Gasteiger partial charge in [0.2, 0.25) is 0 Å². The lowest BCUT2D eigenvalue weighted by atomic mass is 10.2. The van der Waals surface area contributed by atoms with E-state index in [-0.39, 0.29) is 0 Å². The zero-order valence-corrected chi connectivity index (χ0v) is 12.2. The Morgan fingerprint density at radius 3 is 2.75 bits per heavy atom. The van der Waals surface area contributed by atoms with Crippen LogP contribution in [0.4, 0.5) is 5.69 Å². The topological polar surface area (TPSA) is 51.8 Å². The minimum absolute atomic E-state index is 0.765. The lowest BCUT2D eigenvalue weighted by Gasteiger charge is -2.09. The lowest BCUT2D eigenvalue weighted by molar-refractivity contribution is 1.05. The molecule has 0 atom stereocenters. The highest BCUT2D eigenvalue weighted by Crippen LogP contribution is 2.35. The molecule has 0 amide bonds. The van der Waals surface area contributed by atoms with Crippen LogP contribution in [-0.4, -0.2) is 9.97 Å². The Hall–Kier alpha value is -2.07. The zero-order chi connectivity index (χ0) is 14.1. The van der Waals surface area contributed by atoms with Gasteiger partial charge in [0.25, 0.3) is 0 Å². The van der Waals surface area contributed by atoms with Crippen LogP contribution in [0, 0.1) is 13.8 Å². The molecule has 100 valence electrons. The number of rotatable bonds is 2. The van der Waals surface area contributed by atoms with Gasteiger partial charge in [-0.15, -0.1) is 0 Å². The van der Waals surface area contributed by atoms with Crippen LogP contribution in [0.25, 0.3) is 10.9 Å². The summed E-state index contributed by atoms with van der Waals surface area (Å²) in [5.74, 6) is 0. The molecule has 2 aromatic heterocycles. The molecule has 4 heteroatoms. The van der Waals surface area contributed by atoms with Gasteiger partial charge in [-0.2, -0.15) is 0 Å². The van der Waals surface area contributed by atoms with Gasteiger partial charge in [-0.25, -0.2) is 4.98 Å². The van der Waals surface area contributed by atoms with Crippen molar-refractivity contribution in [2.75, 3.05) is 5.73 Å². The minimum atomic E-state index is 0.765. The summed E-state index contributed by atoms with van der Waals surface area (Å²) in [6.45, 7) is 4.08. The van der Waals surface area contributed by atoms with Crippen LogP contribution >= 0.6 is 11.8 Å². The Balaban J connectivity index is 2.04. The van der Waals surface area contributed by atoms with Crippen molar-refractivity contribution in [2.24, 2.45) is 0 Å². The second-order valence-electron chi connectivity index (χ2n) is 4.77. The van der Waals surface area contributed by atoms with E-state index in [0.29, 0.717) is 0 Å². The van der Waals surface area contributed by atoms with Crippen molar-refractivity contribution in [3.05, 3.63) is 53.9 Å². The Morgan fingerprint density at radius 2 is 1.95 bits per heavy atom. The largest absolute Gasteiger partial charge is 0.397 e. The van der Waals surface area contributed by atoms with Crippen molar-refractivity contribution in [2.45, 2.75) is 23.8 Å². The second-order valence-corrected chi connectivity index (χ2v) is 5.84. The highest BCUT2D eigenvalue weighted by molar-refractivity contribution is 7.99. The lowest BCUT2D eigenvalue weighted by Crippen LogP contribution is -1.93. The maximum absolute atomic E-state index is 6.25. The molecule has 3 nitrogen and oxygen atoms in total. The minimum Gasteiger partial charge on any atom is -0.397 e. The standard InChI is InChI=1S/C16H15N3S/c1-10-8-11(2)19-15(9-10)20-14-6-5-13-12(16(14)17)4-3-7-18-13/h3-9H,17H2,1-2H3. The normalized spacial score (nSPS) is 10.9. The summed E-state index contributed by atoms with van der Waals surface area (Å²) in [6, 6.07) is 12.0. The summed E-state index contributed by atoms with van der Waals surface area (Å²) < 4.78 is 0. The average molecular weight is 281 g/mol. The fourth-order valence-corrected chi connectivity index (χ4v) is 3.23. The molecule has 0 spiro atoms. The predicted octanol–water partition coefficient (Wildman–Crippen LogP) is 3.98. The smallest absolute Gasteiger partial charge is 0.101 e. The number of hydrogen-bond acceptors (Lipinski definition) is 4. The number of anilines is 1. The van der Waals surface area contributed by atoms with Crippen molar-refractivity contribution >= 4 is 28.4 Å². The number of fused-ring (bicyclic) bond motifs is 1. The van der Waals surface area contributed by atoms with Gasteiger partial charge in [0.05, 0.1) is 11.2 Å². The molecule has 3 aromatic rings. The van der Waals surface area contributed by atoms with Crippen molar-refractivity contribution in [3.63, 3.8) is 0 Å². The van der Waals surface area contributed by atoms with Crippen LogP contribution in [0.3, 0.4) is 0 Å². The van der Waals surface area contributed by atoms with Crippen LogP contribution < -0.4 is 5.73 Å². The summed E-state index contributed by atoms with van der Waals surface area (Å²) in [5, 5.41) is 1.96. The Morgan fingerprint density at radius 1 is 1.10 bits per heavy atom. The molecule has 0 aliphatic carbocycles. The number of hydrogen-bond donors (Lipinski definition) is 1. The van der Waals surface area contributed by atoms with Crippen LogP contribution in [0.2, 0.25) is 0 Å². The summed E-state index contributed by atoms with van der Waals surface area (Å²) in [7, 11) is 0. The van der Waals surface area contributed by atoms with Crippen LogP contribution in [0.1, 0.15) is 11.3 Å². The number of nitrogen functional groups attached to an aromatic ring is 1. The van der Waals surface area contributed by atoms with E-state index in [1.165, 1.54) is 5.56 Å². The Kier molecular flexibility index (Phi) is 3.32. The monoisotopic (exact) mass is 281 g/mol. The zero-order valence-electron chi connectivity index (χ0n) is 11.4. The molecule has 1 aromatic carbocycles. The third-order valence-corrected chi connectivity index (χ3v) is 4.07. The molecule has 0 saturated carbocycles. The van der Waals surface area contributed by atoms with Gasteiger partial charge in [-0.05, 0) is 55.8 Å². The molecule has 0 bridgehead atoms. The van der Waals surface area contributed by atoms with Gasteiger partial charge in [0, 0.05) is 22.2 Å². The van der Waals surface area contributed by atoms with Crippen molar-refractivity contribution in [3.8, 4) is 0 Å². The molecule has 2 N–H and O–H groups in total. The molecule has 0 unspecified atom stereocenters. The van der Waals surface area contributed by atoms with Crippen molar-refractivity contribution in [1.29, 1.82) is 0 Å². The van der Waals surface area contributed by atoms with Gasteiger partial charge in [0.1, 0.15) is 5.03 Å². The first-order valence-corrected chi connectivity index (χ1v) is 7.21. The van der Waals surface area contributed by atoms with E-state index in [1.54, 1.807) is 18.0 Å². The molecule has 0 fully saturated rings. The number of nitrogens with zero attached hydrogens (tertiary/aromatic N) is 2. The number of pyridine rings is 2. The summed E-state index contributed by atoms with van der Waals surface area (Å²) >= 11 is 1.59. The number of aromatic nitrogens is 2. The fourth-order valence-electron chi connectivity index (χ4n) is 2.21. The first kappa shape index (κ1) is 12.9. The van der Waals surface area contributed by atoms with Gasteiger partial charge >= 0.3 is 0 Å². The van der Waals surface area contributed by atoms with Gasteiger partial charge in [-0.1, -0.05) is 11.8 Å². The molecular weight excluding hydrogens is 266 g/mol. The van der Waals surface area contributed by atoms with Crippen LogP contribution in [-0.2, 0) is 0 Å². The predicted molar refractivity (Wildman–Crippen MR) is 84.0 cm³/mol. The van der Waals surface area contributed by atoms with E-state index in [0.717, 1.165) is 32.2 Å². The molecule has 0 saturated heterocycles. The van der Waals surface area contributed by atoms with Gasteiger partial charge < -0.3 is 5.73 Å². The number of nitrogens with two attached hydrogens (primary N) is 1. The Bertz CT molecular complexity index is 764. The maximum Gasteiger partial charge on any atom is 0.101 e. The molecule has 0 aliphatic rings. The number of benzene rings is 1. The highest BCUT2D eigenvalue weighted by Gasteiger charge is 2.08. The third-order valence-electron chi connectivity index (χ3n) is 3.08. The third kappa shape index (κ3) is 2.47. The summed E-state index contributed by atoms with van der Waals surface area (Å²) in [4.78, 5) is 9.87. The van der Waals surface area contributed by atoms with E-state index in [1.807, 2.05) is 31.2 Å². The number of aryl methyl sites for hydroxylation is 2. The van der Waals surface area contributed by atoms with Crippen molar-refractivity contribution < 1.29 is 0 Å². The highest BCUT2D eigenvalue weighted by atomic mass is 32.2. The fraction of sp³-hybridized carbons (Fsp3) is 0.125. The second kappa shape index (κ2) is 5.13. The van der Waals surface area contributed by atoms with E-state index in [2.05, 4.69) is 29.0 Å². The van der Waals surface area contributed by atoms with Gasteiger partial charge in [0.15, 0.2) is 0 Å². The first-order valence-electron chi connectivity index (χ1n) is 6.40. The molecule has 3 rings (SSSR count). The van der Waals surface area contributed by atoms with E-state index in [9.17, 15) is 0 Å². The molecule has 0 aliphatic heterocycles. The summed E-state index contributed by atoms with van der Waals surface area (Å²) in [5.41, 5.74) is 10.2. The van der Waals surface area contributed by atoms with Gasteiger partial charge in [-0.3, -0.25) is 4.98 Å². The molecule has 2 heterocycles. The van der Waals surface area contributed by atoms with E-state index >= 15 is 0 Å². The average Bonchev–Trinajstić information content (AvgIpc) is 2.41. The quantitative estimate of drug-likeness (QED) is 0.722. The van der Waals surface area contributed by atoms with E-state index < -0.39 is 0 Å². The summed E-state index contributed by atoms with van der Waals surface area (Å²) in [6.07, 6.45) is 1.78. The maximum atomic E-state index is 6.25.